The first kappa shape index (κ1) is 30.6. The van der Waals surface area contributed by atoms with E-state index in [9.17, 15) is 19.8 Å². The molecule has 1 saturated heterocycles. The molecule has 1 aliphatic carbocycles. The molecule has 0 radical (unpaired) electrons. The van der Waals surface area contributed by atoms with Crippen molar-refractivity contribution in [3.8, 4) is 11.5 Å². The highest BCUT2D eigenvalue weighted by Crippen LogP contribution is 2.55. The standard InChI is InChI=1S/C33H45NO8/c1-5-6-7-16-39-27(35)20-33(38,13-8-11-31(3,4)37)30(36)42-29-22(2)19-32-12-9-14-34(32)15-10-23-17-25-26(41-21-40-25)18-24(23)28(29)32/h5,17-19,28-29,37-38H,1,6-16,20-21H2,2-4H3/t28-,29?,32-,33-/m1/s1. The number of carbonyl (C=O) groups excluding carboxylic acids is 2. The van der Waals surface area contributed by atoms with Crippen LogP contribution in [0.1, 0.15) is 89.2 Å². The van der Waals surface area contributed by atoms with Crippen LogP contribution in [0.15, 0.2) is 36.4 Å². The molecule has 5 rings (SSSR count). The van der Waals surface area contributed by atoms with Gasteiger partial charge in [-0.05, 0) is 108 Å². The van der Waals surface area contributed by atoms with Crippen LogP contribution in [0, 0.1) is 0 Å². The van der Waals surface area contributed by atoms with Gasteiger partial charge in [0.1, 0.15) is 6.10 Å². The SMILES string of the molecule is C=CCCCOC(=O)C[C@](O)(CCCC(C)(C)O)C(=O)OC1C(C)=C[C@@]23CCCN2CCc2cc4c(cc2[C@H]13)OCO4. The van der Waals surface area contributed by atoms with Gasteiger partial charge in [-0.25, -0.2) is 4.79 Å². The Bertz CT molecular complexity index is 1240. The number of aliphatic hydroxyl groups is 2. The molecule has 3 aliphatic heterocycles. The Labute approximate surface area is 248 Å². The lowest BCUT2D eigenvalue weighted by Gasteiger charge is -2.40. The van der Waals surface area contributed by atoms with Crippen molar-refractivity contribution >= 4 is 11.9 Å². The number of hydrogen-bond donors (Lipinski definition) is 2. The zero-order chi connectivity index (χ0) is 30.1. The zero-order valence-corrected chi connectivity index (χ0v) is 25.2. The summed E-state index contributed by atoms with van der Waals surface area (Å²) in [7, 11) is 0. The smallest absolute Gasteiger partial charge is 0.339 e. The van der Waals surface area contributed by atoms with E-state index in [1.165, 1.54) is 0 Å². The van der Waals surface area contributed by atoms with Gasteiger partial charge in [0.25, 0.3) is 0 Å². The Morgan fingerprint density at radius 3 is 2.67 bits per heavy atom. The fourth-order valence-corrected chi connectivity index (χ4v) is 7.21. The number of esters is 2. The number of carbonyl (C=O) groups is 2. The van der Waals surface area contributed by atoms with E-state index in [0.29, 0.717) is 31.4 Å². The zero-order valence-electron chi connectivity index (χ0n) is 25.2. The van der Waals surface area contributed by atoms with Crippen LogP contribution in [-0.4, -0.2) is 76.4 Å². The van der Waals surface area contributed by atoms with Crippen LogP contribution in [0.5, 0.6) is 11.5 Å². The molecule has 0 amide bonds. The third-order valence-corrected chi connectivity index (χ3v) is 9.23. The van der Waals surface area contributed by atoms with Gasteiger partial charge in [-0.1, -0.05) is 12.2 Å². The summed E-state index contributed by atoms with van der Waals surface area (Å²) in [5.74, 6) is -0.276. The summed E-state index contributed by atoms with van der Waals surface area (Å²) in [5.41, 5.74) is -0.231. The van der Waals surface area contributed by atoms with Gasteiger partial charge in [-0.3, -0.25) is 9.69 Å². The molecule has 1 fully saturated rings. The normalized spacial score (nSPS) is 25.9. The first-order valence-corrected chi connectivity index (χ1v) is 15.2. The van der Waals surface area contributed by atoms with Crippen molar-refractivity contribution < 1.29 is 38.7 Å². The van der Waals surface area contributed by atoms with Crippen molar-refractivity contribution in [1.82, 2.24) is 4.90 Å². The van der Waals surface area contributed by atoms with Crippen molar-refractivity contribution in [2.75, 3.05) is 26.5 Å². The number of allylic oxidation sites excluding steroid dienone is 1. The highest BCUT2D eigenvalue weighted by Gasteiger charge is 2.57. The van der Waals surface area contributed by atoms with Crippen molar-refractivity contribution in [3.05, 3.63) is 47.6 Å². The Kier molecular flexibility index (Phi) is 8.75. The van der Waals surface area contributed by atoms with Crippen LogP contribution in [0.2, 0.25) is 0 Å². The van der Waals surface area contributed by atoms with Gasteiger partial charge in [-0.15, -0.1) is 6.58 Å². The minimum Gasteiger partial charge on any atom is -0.466 e. The topological polar surface area (TPSA) is 115 Å². The van der Waals surface area contributed by atoms with Gasteiger partial charge in [-0.2, -0.15) is 0 Å². The molecule has 0 bridgehead atoms. The molecule has 2 N–H and O–H groups in total. The molecule has 1 unspecified atom stereocenters. The highest BCUT2D eigenvalue weighted by molar-refractivity contribution is 5.86. The third kappa shape index (κ3) is 6.10. The summed E-state index contributed by atoms with van der Waals surface area (Å²) in [6, 6.07) is 4.09. The van der Waals surface area contributed by atoms with Crippen LogP contribution in [0.4, 0.5) is 0 Å². The quantitative estimate of drug-likeness (QED) is 0.211. The summed E-state index contributed by atoms with van der Waals surface area (Å²) < 4.78 is 23.0. The first-order chi connectivity index (χ1) is 20.0. The maximum Gasteiger partial charge on any atom is 0.339 e. The molecule has 230 valence electrons. The van der Waals surface area contributed by atoms with E-state index in [2.05, 4.69) is 23.6 Å². The van der Waals surface area contributed by atoms with E-state index in [4.69, 9.17) is 18.9 Å². The van der Waals surface area contributed by atoms with E-state index in [1.54, 1.807) is 19.9 Å². The second kappa shape index (κ2) is 12.0. The largest absolute Gasteiger partial charge is 0.466 e. The van der Waals surface area contributed by atoms with Crippen molar-refractivity contribution in [1.29, 1.82) is 0 Å². The lowest BCUT2D eigenvalue weighted by Crippen LogP contribution is -2.49. The summed E-state index contributed by atoms with van der Waals surface area (Å²) in [6.07, 6.45) is 7.62. The monoisotopic (exact) mass is 583 g/mol. The predicted molar refractivity (Wildman–Crippen MR) is 156 cm³/mol. The van der Waals surface area contributed by atoms with E-state index >= 15 is 0 Å². The average Bonchev–Trinajstić information content (AvgIpc) is 3.59. The predicted octanol–water partition coefficient (Wildman–Crippen LogP) is 4.33. The van der Waals surface area contributed by atoms with Crippen molar-refractivity contribution in [2.24, 2.45) is 0 Å². The molecule has 1 aromatic carbocycles. The number of fused-ring (bicyclic) bond motifs is 3. The maximum atomic E-state index is 13.9. The summed E-state index contributed by atoms with van der Waals surface area (Å²) >= 11 is 0. The van der Waals surface area contributed by atoms with Crippen molar-refractivity contribution in [3.63, 3.8) is 0 Å². The molecule has 9 nitrogen and oxygen atoms in total. The van der Waals surface area contributed by atoms with E-state index in [1.807, 2.05) is 13.0 Å². The van der Waals surface area contributed by atoms with Gasteiger partial charge in [0.05, 0.1) is 24.2 Å². The number of unbranched alkanes of at least 4 members (excludes halogenated alkanes) is 1. The number of benzene rings is 1. The molecule has 1 aromatic rings. The fourth-order valence-electron chi connectivity index (χ4n) is 7.21. The Morgan fingerprint density at radius 2 is 1.93 bits per heavy atom. The number of rotatable bonds is 12. The summed E-state index contributed by atoms with van der Waals surface area (Å²) in [4.78, 5) is 29.2. The molecule has 0 saturated carbocycles. The molecule has 0 aromatic heterocycles. The third-order valence-electron chi connectivity index (χ3n) is 9.23. The minimum atomic E-state index is -2.09. The Hall–Kier alpha value is -2.88. The molecule has 1 spiro atoms. The molecular formula is C33H45NO8. The van der Waals surface area contributed by atoms with Crippen molar-refractivity contribution in [2.45, 2.75) is 107 Å². The van der Waals surface area contributed by atoms with Gasteiger partial charge >= 0.3 is 11.9 Å². The van der Waals surface area contributed by atoms with E-state index in [-0.39, 0.29) is 31.3 Å². The lowest BCUT2D eigenvalue weighted by molar-refractivity contribution is -0.178. The number of ether oxygens (including phenoxy) is 4. The minimum absolute atomic E-state index is 0.0374. The van der Waals surface area contributed by atoms with Gasteiger partial charge < -0.3 is 29.2 Å². The second-order valence-corrected chi connectivity index (χ2v) is 13.0. The second-order valence-electron chi connectivity index (χ2n) is 13.0. The van der Waals surface area contributed by atoms with Gasteiger partial charge in [0.15, 0.2) is 17.1 Å². The van der Waals surface area contributed by atoms with Gasteiger partial charge in [0.2, 0.25) is 6.79 Å². The average molecular weight is 584 g/mol. The molecule has 42 heavy (non-hydrogen) atoms. The van der Waals surface area contributed by atoms with E-state index in [0.717, 1.165) is 54.8 Å². The number of hydrogen-bond acceptors (Lipinski definition) is 9. The van der Waals surface area contributed by atoms with Crippen LogP contribution in [0.3, 0.4) is 0 Å². The molecular weight excluding hydrogens is 538 g/mol. The Balaban J connectivity index is 1.42. The number of nitrogens with zero attached hydrogens (tertiary/aromatic N) is 1. The molecule has 4 aliphatic rings. The maximum absolute atomic E-state index is 13.9. The van der Waals surface area contributed by atoms with Gasteiger partial charge in [0, 0.05) is 12.5 Å². The van der Waals surface area contributed by atoms with Crippen LogP contribution in [0.25, 0.3) is 0 Å². The van der Waals surface area contributed by atoms with Crippen LogP contribution in [-0.2, 0) is 25.5 Å². The van der Waals surface area contributed by atoms with Crippen LogP contribution >= 0.6 is 0 Å². The lowest BCUT2D eigenvalue weighted by atomic mass is 9.77. The summed E-state index contributed by atoms with van der Waals surface area (Å²) in [5, 5.41) is 22.0. The van der Waals surface area contributed by atoms with E-state index < -0.39 is 35.7 Å². The van der Waals surface area contributed by atoms with Crippen LogP contribution < -0.4 is 9.47 Å². The molecule has 9 heteroatoms. The molecule has 4 atom stereocenters. The highest BCUT2D eigenvalue weighted by atomic mass is 16.7. The first-order valence-electron chi connectivity index (χ1n) is 15.2. The Morgan fingerprint density at radius 1 is 1.17 bits per heavy atom. The summed E-state index contributed by atoms with van der Waals surface area (Å²) in [6.45, 7) is 11.2. The molecule has 3 heterocycles. The fraction of sp³-hybridized carbons (Fsp3) is 0.636.